The van der Waals surface area contributed by atoms with Crippen LogP contribution in [0, 0.1) is 0 Å². The van der Waals surface area contributed by atoms with Gasteiger partial charge in [0.25, 0.3) is 0 Å². The molecule has 1 aliphatic rings. The van der Waals surface area contributed by atoms with Crippen LogP contribution in [0.4, 0.5) is 0 Å². The second-order valence-electron chi connectivity index (χ2n) is 4.68. The Morgan fingerprint density at radius 2 is 1.86 bits per heavy atom. The third-order valence-corrected chi connectivity index (χ3v) is 3.54. The van der Waals surface area contributed by atoms with E-state index in [9.17, 15) is 0 Å². The van der Waals surface area contributed by atoms with E-state index in [2.05, 4.69) is 45.3 Å². The quantitative estimate of drug-likeness (QED) is 0.262. The van der Waals surface area contributed by atoms with Gasteiger partial charge in [-0.05, 0) is 31.9 Å². The summed E-state index contributed by atoms with van der Waals surface area (Å²) in [4.78, 5) is 6.39. The molecule has 0 amide bonds. The van der Waals surface area contributed by atoms with Crippen molar-refractivity contribution in [2.24, 2.45) is 10.2 Å². The molecule has 0 bridgehead atoms. The van der Waals surface area contributed by atoms with E-state index < -0.39 is 0 Å². The Morgan fingerprint density at radius 3 is 2.43 bits per heavy atom. The average molecular weight is 374 g/mol. The molecule has 0 atom stereocenters. The molecule has 4 nitrogen and oxygen atoms in total. The standard InChI is InChI=1S/C14H20N4S.ClH.Cu/c1-12(13-8-4-5-9-15-13)16-17-14(19)18-10-6-2-3-7-11-18;;/h4-5,8-9H,2-3,6-7,10-11H2,1H3,(H,17,19);1H;/q;;+2/p-2/b16-12+;;. The number of nitrogens with zero attached hydrogens (tertiary/aromatic N) is 4. The van der Waals surface area contributed by atoms with Crippen LogP contribution in [0.15, 0.2) is 34.6 Å². The van der Waals surface area contributed by atoms with Crippen LogP contribution in [-0.4, -0.2) is 33.9 Å². The first-order valence-electron chi connectivity index (χ1n) is 6.84. The summed E-state index contributed by atoms with van der Waals surface area (Å²) in [5.41, 5.74) is 1.63. The summed E-state index contributed by atoms with van der Waals surface area (Å²) in [5.74, 6) is 0. The SMILES string of the molecule is C/C(=N\N=C(/[S-])N1CCCCCC1)c1ccccn1.[Cl][Cu+]. The fourth-order valence-corrected chi connectivity index (χ4v) is 2.29. The van der Waals surface area contributed by atoms with E-state index in [1.54, 1.807) is 6.20 Å². The van der Waals surface area contributed by atoms with Crippen molar-refractivity contribution in [1.29, 1.82) is 0 Å². The van der Waals surface area contributed by atoms with Crippen LogP contribution >= 0.6 is 10.1 Å². The molecule has 119 valence electrons. The molecule has 1 saturated heterocycles. The molecule has 21 heavy (non-hydrogen) atoms. The molecule has 0 aliphatic carbocycles. The van der Waals surface area contributed by atoms with Gasteiger partial charge in [-0.3, -0.25) is 4.98 Å². The maximum absolute atomic E-state index is 5.33. The van der Waals surface area contributed by atoms with E-state index in [-0.39, 0.29) is 0 Å². The van der Waals surface area contributed by atoms with E-state index in [1.807, 2.05) is 25.1 Å². The first kappa shape index (κ1) is 18.4. The topological polar surface area (TPSA) is 40.9 Å². The third kappa shape index (κ3) is 6.74. The number of pyridine rings is 1. The number of hydrogen-bond acceptors (Lipinski definition) is 4. The monoisotopic (exact) mass is 373 g/mol. The molecule has 0 unspecified atom stereocenters. The van der Waals surface area contributed by atoms with Crippen molar-refractivity contribution in [2.45, 2.75) is 32.6 Å². The summed E-state index contributed by atoms with van der Waals surface area (Å²) in [5, 5.41) is 8.96. The van der Waals surface area contributed by atoms with Crippen molar-refractivity contribution < 1.29 is 15.1 Å². The van der Waals surface area contributed by atoms with E-state index >= 15 is 0 Å². The van der Waals surface area contributed by atoms with Gasteiger partial charge in [-0.25, -0.2) is 0 Å². The van der Waals surface area contributed by atoms with Gasteiger partial charge in [0.2, 0.25) is 0 Å². The van der Waals surface area contributed by atoms with Crippen LogP contribution in [0.25, 0.3) is 0 Å². The number of aromatic nitrogens is 1. The number of likely N-dealkylation sites (tertiary alicyclic amines) is 1. The maximum atomic E-state index is 5.33. The molecule has 0 radical (unpaired) electrons. The predicted molar refractivity (Wildman–Crippen MR) is 87.1 cm³/mol. The molecule has 7 heteroatoms. The van der Waals surface area contributed by atoms with Crippen molar-refractivity contribution in [3.63, 3.8) is 0 Å². The zero-order valence-corrected chi connectivity index (χ0v) is 14.4. The second-order valence-corrected chi connectivity index (χ2v) is 5.05. The van der Waals surface area contributed by atoms with Gasteiger partial charge in [-0.1, -0.05) is 18.9 Å². The molecular weight excluding hydrogens is 355 g/mol. The first-order valence-corrected chi connectivity index (χ1v) is 8.55. The van der Waals surface area contributed by atoms with Crippen molar-refractivity contribution >= 4 is 33.6 Å². The minimum absolute atomic E-state index is 0.595. The van der Waals surface area contributed by atoms with E-state index in [4.69, 9.17) is 12.6 Å². The first-order chi connectivity index (χ1) is 10.3. The normalized spacial score (nSPS) is 16.9. The van der Waals surface area contributed by atoms with Gasteiger partial charge in [-0.15, -0.1) is 0 Å². The molecule has 0 spiro atoms. The Hall–Kier alpha value is -0.681. The Balaban J connectivity index is 0.00000106. The number of amidine groups is 1. The second kappa shape index (κ2) is 11.0. The number of hydrogen-bond donors (Lipinski definition) is 0. The zero-order valence-electron chi connectivity index (χ0n) is 11.9. The van der Waals surface area contributed by atoms with E-state index in [0.29, 0.717) is 5.17 Å². The Kier molecular flexibility index (Phi) is 9.59. The van der Waals surface area contributed by atoms with E-state index in [0.717, 1.165) is 24.5 Å². The van der Waals surface area contributed by atoms with Crippen molar-refractivity contribution in [3.05, 3.63) is 30.1 Å². The van der Waals surface area contributed by atoms with Crippen LogP contribution < -0.4 is 0 Å². The summed E-state index contributed by atoms with van der Waals surface area (Å²) < 4.78 is 0. The molecule has 2 heterocycles. The molecule has 1 fully saturated rings. The third-order valence-electron chi connectivity index (χ3n) is 3.20. The Morgan fingerprint density at radius 1 is 1.19 bits per heavy atom. The summed E-state index contributed by atoms with van der Waals surface area (Å²) in [7, 11) is 4.20. The van der Waals surface area contributed by atoms with Crippen molar-refractivity contribution in [1.82, 2.24) is 9.88 Å². The van der Waals surface area contributed by atoms with Crippen LogP contribution in [0.5, 0.6) is 0 Å². The molecule has 2 rings (SSSR count). The van der Waals surface area contributed by atoms with Gasteiger partial charge in [0.15, 0.2) is 0 Å². The van der Waals surface area contributed by atoms with Gasteiger partial charge >= 0.3 is 25.2 Å². The van der Waals surface area contributed by atoms with Crippen LogP contribution in [0.1, 0.15) is 38.3 Å². The van der Waals surface area contributed by atoms with Crippen LogP contribution in [-0.2, 0) is 27.7 Å². The predicted octanol–water partition coefficient (Wildman–Crippen LogP) is 3.27. The summed E-state index contributed by atoms with van der Waals surface area (Å²) in [6, 6.07) is 5.74. The van der Waals surface area contributed by atoms with Crippen molar-refractivity contribution in [3.8, 4) is 0 Å². The minimum atomic E-state index is 0.595. The van der Waals surface area contributed by atoms with Crippen LogP contribution in [0.3, 0.4) is 0 Å². The summed E-state index contributed by atoms with van der Waals surface area (Å²) >= 11 is 8.99. The van der Waals surface area contributed by atoms with Gasteiger partial charge < -0.3 is 17.5 Å². The molecule has 1 aromatic heterocycles. The molecule has 1 aliphatic heterocycles. The Bertz CT molecular complexity index is 459. The zero-order chi connectivity index (χ0) is 15.5. The fraction of sp³-hybridized carbons (Fsp3) is 0.500. The number of rotatable bonds is 2. The molecule has 1 aromatic rings. The molecular formula is C14H19ClCuN4S. The summed E-state index contributed by atoms with van der Waals surface area (Å²) in [6.45, 7) is 3.90. The number of halogens is 1. The Labute approximate surface area is 144 Å². The van der Waals surface area contributed by atoms with Gasteiger partial charge in [0, 0.05) is 24.5 Å². The molecule has 0 saturated carbocycles. The van der Waals surface area contributed by atoms with Gasteiger partial charge in [0.1, 0.15) is 0 Å². The molecule has 0 N–H and O–H groups in total. The van der Waals surface area contributed by atoms with Crippen LogP contribution in [0.2, 0.25) is 0 Å². The van der Waals surface area contributed by atoms with Gasteiger partial charge in [0.05, 0.1) is 11.4 Å². The van der Waals surface area contributed by atoms with Gasteiger partial charge in [-0.2, -0.15) is 10.2 Å². The van der Waals surface area contributed by atoms with Crippen molar-refractivity contribution in [2.75, 3.05) is 13.1 Å². The van der Waals surface area contributed by atoms with E-state index in [1.165, 1.54) is 25.7 Å². The molecule has 0 aromatic carbocycles. The summed E-state index contributed by atoms with van der Waals surface area (Å²) in [6.07, 6.45) is 6.71. The fourth-order valence-electron chi connectivity index (χ4n) is 2.07. The average Bonchev–Trinajstić information content (AvgIpc) is 2.84.